The minimum atomic E-state index is -3.90. The molecule has 0 radical (unpaired) electrons. The van der Waals surface area contributed by atoms with Gasteiger partial charge in [-0.3, -0.25) is 14.3 Å². The van der Waals surface area contributed by atoms with E-state index in [1.165, 1.54) is 13.2 Å². The summed E-state index contributed by atoms with van der Waals surface area (Å²) in [5.41, 5.74) is 1.24. The van der Waals surface area contributed by atoms with Gasteiger partial charge in [0, 0.05) is 31.6 Å². The number of nitrogens with zero attached hydrogens (tertiary/aromatic N) is 1. The first kappa shape index (κ1) is 21.6. The van der Waals surface area contributed by atoms with Gasteiger partial charge in [0.15, 0.2) is 0 Å². The van der Waals surface area contributed by atoms with Crippen LogP contribution in [0.4, 0.5) is 11.4 Å². The Morgan fingerprint density at radius 1 is 1.20 bits per heavy atom. The van der Waals surface area contributed by atoms with Crippen molar-refractivity contribution < 1.29 is 22.7 Å². The van der Waals surface area contributed by atoms with Crippen LogP contribution in [0.1, 0.15) is 24.8 Å². The molecule has 1 fully saturated rings. The Bertz CT molecular complexity index is 1050. The number of carbonyl (C=O) groups is 2. The van der Waals surface area contributed by atoms with Gasteiger partial charge in [0.05, 0.1) is 17.7 Å². The largest absolute Gasteiger partial charge is 0.495 e. The van der Waals surface area contributed by atoms with Crippen molar-refractivity contribution in [3.63, 3.8) is 0 Å². The molecule has 1 aliphatic rings. The van der Waals surface area contributed by atoms with Gasteiger partial charge in [0.25, 0.3) is 10.0 Å². The van der Waals surface area contributed by atoms with Crippen LogP contribution in [0.25, 0.3) is 0 Å². The summed E-state index contributed by atoms with van der Waals surface area (Å²) in [5.74, 6) is 0.188. The lowest BCUT2D eigenvalue weighted by Crippen LogP contribution is -2.28. The van der Waals surface area contributed by atoms with E-state index in [2.05, 4.69) is 10.0 Å². The number of rotatable bonds is 8. The number of hydrogen-bond acceptors (Lipinski definition) is 5. The number of benzene rings is 2. The normalized spacial score (nSPS) is 13.9. The van der Waals surface area contributed by atoms with Crippen LogP contribution in [-0.2, 0) is 19.6 Å². The Labute approximate surface area is 176 Å². The lowest BCUT2D eigenvalue weighted by atomic mass is 10.2. The van der Waals surface area contributed by atoms with E-state index in [0.29, 0.717) is 42.2 Å². The Kier molecular flexibility index (Phi) is 6.61. The van der Waals surface area contributed by atoms with Gasteiger partial charge in [-0.1, -0.05) is 18.2 Å². The van der Waals surface area contributed by atoms with Crippen molar-refractivity contribution in [2.45, 2.75) is 31.1 Å². The first-order valence-corrected chi connectivity index (χ1v) is 11.1. The number of para-hydroxylation sites is 2. The molecule has 1 heterocycles. The molecular weight excluding hydrogens is 406 g/mol. The van der Waals surface area contributed by atoms with Crippen molar-refractivity contribution in [1.29, 1.82) is 0 Å². The third kappa shape index (κ3) is 5.10. The van der Waals surface area contributed by atoms with Crippen LogP contribution >= 0.6 is 0 Å². The number of sulfonamides is 1. The van der Waals surface area contributed by atoms with Crippen molar-refractivity contribution in [2.24, 2.45) is 0 Å². The van der Waals surface area contributed by atoms with Gasteiger partial charge in [-0.25, -0.2) is 8.42 Å². The molecule has 0 unspecified atom stereocenters. The number of anilines is 2. The molecule has 0 saturated carbocycles. The minimum absolute atomic E-state index is 0.0564. The van der Waals surface area contributed by atoms with E-state index in [0.717, 1.165) is 6.42 Å². The highest BCUT2D eigenvalue weighted by Gasteiger charge is 2.22. The van der Waals surface area contributed by atoms with E-state index in [1.807, 2.05) is 0 Å². The molecular formula is C21H25N3O5S. The zero-order chi connectivity index (χ0) is 21.7. The molecule has 0 aliphatic carbocycles. The molecule has 0 atom stereocenters. The predicted molar refractivity (Wildman–Crippen MR) is 114 cm³/mol. The third-order valence-corrected chi connectivity index (χ3v) is 6.40. The summed E-state index contributed by atoms with van der Waals surface area (Å²) < 4.78 is 33.6. The van der Waals surface area contributed by atoms with Crippen molar-refractivity contribution in [3.8, 4) is 5.75 Å². The second-order valence-electron chi connectivity index (χ2n) is 7.07. The molecule has 30 heavy (non-hydrogen) atoms. The summed E-state index contributed by atoms with van der Waals surface area (Å²) in [6, 6.07) is 11.4. The van der Waals surface area contributed by atoms with Crippen LogP contribution in [0.2, 0.25) is 0 Å². The smallest absolute Gasteiger partial charge is 0.262 e. The van der Waals surface area contributed by atoms with Gasteiger partial charge in [-0.05, 0) is 43.2 Å². The molecule has 3 rings (SSSR count). The minimum Gasteiger partial charge on any atom is -0.495 e. The van der Waals surface area contributed by atoms with Crippen molar-refractivity contribution in [1.82, 2.24) is 4.90 Å². The Morgan fingerprint density at radius 2 is 1.97 bits per heavy atom. The van der Waals surface area contributed by atoms with E-state index >= 15 is 0 Å². The standard InChI is InChI=1S/C21H25N3O5S/c1-15-9-10-16(22-20(25)11-13-24-12-5-8-21(24)26)14-19(15)30(27,28)23-17-6-3-4-7-18(17)29-2/h3-4,6-7,9-10,14,23H,5,8,11-13H2,1-2H3,(H,22,25). The molecule has 2 aromatic carbocycles. The maximum absolute atomic E-state index is 12.9. The number of likely N-dealkylation sites (tertiary alicyclic amines) is 1. The van der Waals surface area contributed by atoms with Gasteiger partial charge in [0.2, 0.25) is 11.8 Å². The fourth-order valence-electron chi connectivity index (χ4n) is 3.30. The second-order valence-corrected chi connectivity index (χ2v) is 8.72. The Hall–Kier alpha value is -3.07. The predicted octanol–water partition coefficient (Wildman–Crippen LogP) is 2.76. The summed E-state index contributed by atoms with van der Waals surface area (Å²) in [4.78, 5) is 25.6. The molecule has 0 aromatic heterocycles. The van der Waals surface area contributed by atoms with Gasteiger partial charge in [-0.2, -0.15) is 0 Å². The summed E-state index contributed by atoms with van der Waals surface area (Å²) in [6.07, 6.45) is 1.50. The average molecular weight is 432 g/mol. The van der Waals surface area contributed by atoms with Gasteiger partial charge in [-0.15, -0.1) is 0 Å². The van der Waals surface area contributed by atoms with Crippen LogP contribution < -0.4 is 14.8 Å². The zero-order valence-electron chi connectivity index (χ0n) is 17.0. The van der Waals surface area contributed by atoms with Crippen LogP contribution in [0, 0.1) is 6.92 Å². The molecule has 8 nitrogen and oxygen atoms in total. The summed E-state index contributed by atoms with van der Waals surface area (Å²) in [7, 11) is -2.44. The topological polar surface area (TPSA) is 105 Å². The van der Waals surface area contributed by atoms with E-state index in [-0.39, 0.29) is 23.1 Å². The molecule has 2 aromatic rings. The quantitative estimate of drug-likeness (QED) is 0.669. The maximum atomic E-state index is 12.9. The summed E-state index contributed by atoms with van der Waals surface area (Å²) >= 11 is 0. The summed E-state index contributed by atoms with van der Waals surface area (Å²) in [5, 5.41) is 2.71. The Morgan fingerprint density at radius 3 is 2.67 bits per heavy atom. The molecule has 2 amide bonds. The SMILES string of the molecule is COc1ccccc1NS(=O)(=O)c1cc(NC(=O)CCN2CCCC2=O)ccc1C. The van der Waals surface area contributed by atoms with Crippen molar-refractivity contribution in [3.05, 3.63) is 48.0 Å². The van der Waals surface area contributed by atoms with E-state index in [1.54, 1.807) is 48.2 Å². The van der Waals surface area contributed by atoms with Crippen LogP contribution in [0.15, 0.2) is 47.4 Å². The lowest BCUT2D eigenvalue weighted by molar-refractivity contribution is -0.128. The van der Waals surface area contributed by atoms with Gasteiger partial charge < -0.3 is 15.0 Å². The Balaban J connectivity index is 1.72. The van der Waals surface area contributed by atoms with Gasteiger partial charge >= 0.3 is 0 Å². The number of methoxy groups -OCH3 is 1. The lowest BCUT2D eigenvalue weighted by Gasteiger charge is -2.16. The molecule has 1 aliphatic heterocycles. The highest BCUT2D eigenvalue weighted by atomic mass is 32.2. The molecule has 9 heteroatoms. The van der Waals surface area contributed by atoms with Crippen LogP contribution in [0.3, 0.4) is 0 Å². The van der Waals surface area contributed by atoms with Crippen LogP contribution in [-0.4, -0.2) is 45.3 Å². The van der Waals surface area contributed by atoms with Gasteiger partial charge in [0.1, 0.15) is 5.75 Å². The average Bonchev–Trinajstić information content (AvgIpc) is 3.12. The van der Waals surface area contributed by atoms with E-state index in [9.17, 15) is 18.0 Å². The maximum Gasteiger partial charge on any atom is 0.262 e. The second kappa shape index (κ2) is 9.17. The monoisotopic (exact) mass is 431 g/mol. The van der Waals surface area contributed by atoms with Crippen molar-refractivity contribution in [2.75, 3.05) is 30.2 Å². The van der Waals surface area contributed by atoms with Crippen molar-refractivity contribution >= 4 is 33.2 Å². The number of carbonyl (C=O) groups excluding carboxylic acids is 2. The molecule has 2 N–H and O–H groups in total. The number of nitrogens with one attached hydrogen (secondary N) is 2. The van der Waals surface area contributed by atoms with E-state index < -0.39 is 10.0 Å². The molecule has 160 valence electrons. The third-order valence-electron chi connectivity index (χ3n) is 4.89. The number of aryl methyl sites for hydroxylation is 1. The number of ether oxygens (including phenoxy) is 1. The van der Waals surface area contributed by atoms with Crippen LogP contribution in [0.5, 0.6) is 5.75 Å². The number of hydrogen-bond donors (Lipinski definition) is 2. The molecule has 0 bridgehead atoms. The highest BCUT2D eigenvalue weighted by Crippen LogP contribution is 2.28. The first-order valence-electron chi connectivity index (χ1n) is 9.64. The zero-order valence-corrected chi connectivity index (χ0v) is 17.8. The van der Waals surface area contributed by atoms with E-state index in [4.69, 9.17) is 4.74 Å². The fourth-order valence-corrected chi connectivity index (χ4v) is 4.64. The number of amides is 2. The first-order chi connectivity index (χ1) is 14.3. The molecule has 0 spiro atoms. The molecule has 1 saturated heterocycles. The summed E-state index contributed by atoms with van der Waals surface area (Å²) in [6.45, 7) is 2.71. The highest BCUT2D eigenvalue weighted by molar-refractivity contribution is 7.92. The fraction of sp³-hybridized carbons (Fsp3) is 0.333.